The molecule has 0 aliphatic rings. The third-order valence-electron chi connectivity index (χ3n) is 3.96. The summed E-state index contributed by atoms with van der Waals surface area (Å²) in [5, 5.41) is 12.3. The average Bonchev–Trinajstić information content (AvgIpc) is 2.84. The van der Waals surface area contributed by atoms with Crippen LogP contribution in [-0.4, -0.2) is 28.1 Å². The number of rotatable bonds is 5. The van der Waals surface area contributed by atoms with E-state index in [4.69, 9.17) is 16.3 Å². The van der Waals surface area contributed by atoms with Crippen LogP contribution in [0.3, 0.4) is 0 Å². The van der Waals surface area contributed by atoms with E-state index < -0.39 is 29.9 Å². The summed E-state index contributed by atoms with van der Waals surface area (Å²) < 4.78 is 18.2. The number of H-pyrrole nitrogens is 1. The largest absolute Gasteiger partial charge is 0.448 e. The van der Waals surface area contributed by atoms with Crippen molar-refractivity contribution in [3.8, 4) is 0 Å². The molecule has 2 aromatic rings. The third-order valence-corrected chi connectivity index (χ3v) is 4.27. The van der Waals surface area contributed by atoms with Crippen LogP contribution in [0.4, 0.5) is 10.1 Å². The molecule has 0 unspecified atom stereocenters. The van der Waals surface area contributed by atoms with E-state index in [9.17, 15) is 19.1 Å². The second kappa shape index (κ2) is 7.88. The molecule has 0 fully saturated rings. The van der Waals surface area contributed by atoms with Crippen LogP contribution in [0.15, 0.2) is 18.2 Å². The molecular formula is C18H20ClFN2O4. The number of anilines is 1. The zero-order valence-corrected chi connectivity index (χ0v) is 15.6. The van der Waals surface area contributed by atoms with Gasteiger partial charge in [-0.3, -0.25) is 4.79 Å². The van der Waals surface area contributed by atoms with Crippen LogP contribution in [0, 0.1) is 19.7 Å². The first-order valence-corrected chi connectivity index (χ1v) is 8.33. The number of ether oxygens (including phenoxy) is 1. The highest BCUT2D eigenvalue weighted by molar-refractivity contribution is 6.33. The summed E-state index contributed by atoms with van der Waals surface area (Å²) in [7, 11) is 0. The zero-order valence-electron chi connectivity index (χ0n) is 14.8. The minimum Gasteiger partial charge on any atom is -0.448 e. The van der Waals surface area contributed by atoms with Gasteiger partial charge >= 0.3 is 5.97 Å². The molecule has 0 saturated heterocycles. The lowest BCUT2D eigenvalue weighted by atomic mass is 10.1. The Morgan fingerprint density at radius 3 is 2.50 bits per heavy atom. The van der Waals surface area contributed by atoms with Crippen molar-refractivity contribution in [2.24, 2.45) is 0 Å². The number of nitrogens with one attached hydrogen (secondary N) is 2. The smallest absolute Gasteiger partial charge is 0.355 e. The molecule has 6 nitrogen and oxygen atoms in total. The van der Waals surface area contributed by atoms with Crippen molar-refractivity contribution in [1.82, 2.24) is 4.98 Å². The van der Waals surface area contributed by atoms with Crippen molar-refractivity contribution in [3.63, 3.8) is 0 Å². The second-order valence-electron chi connectivity index (χ2n) is 6.00. The Hall–Kier alpha value is -2.38. The summed E-state index contributed by atoms with van der Waals surface area (Å²) in [5.41, 5.74) is 2.23. The monoisotopic (exact) mass is 382 g/mol. The number of aromatic nitrogens is 1. The van der Waals surface area contributed by atoms with Gasteiger partial charge in [-0.2, -0.15) is 0 Å². The van der Waals surface area contributed by atoms with E-state index in [0.717, 1.165) is 12.1 Å². The SMILES string of the molecule is Cc1[nH]c(C(=O)O[C@H](C)C(=O)Nc2ccc(F)cc2Cl)c(C)c1[C@H](C)O. The molecule has 8 heteroatoms. The molecule has 1 amide bonds. The maximum Gasteiger partial charge on any atom is 0.355 e. The van der Waals surface area contributed by atoms with Crippen LogP contribution in [0.5, 0.6) is 0 Å². The molecule has 26 heavy (non-hydrogen) atoms. The zero-order chi connectivity index (χ0) is 19.6. The molecule has 1 heterocycles. The van der Waals surface area contributed by atoms with Gasteiger partial charge in [-0.15, -0.1) is 0 Å². The van der Waals surface area contributed by atoms with Gasteiger partial charge in [0.05, 0.1) is 16.8 Å². The summed E-state index contributed by atoms with van der Waals surface area (Å²) in [4.78, 5) is 27.4. The van der Waals surface area contributed by atoms with E-state index in [1.807, 2.05) is 0 Å². The molecule has 0 bridgehead atoms. The Bertz CT molecular complexity index is 848. The summed E-state index contributed by atoms with van der Waals surface area (Å²) in [6.07, 6.45) is -1.85. The fraction of sp³-hybridized carbons (Fsp3) is 0.333. The van der Waals surface area contributed by atoms with E-state index in [0.29, 0.717) is 16.8 Å². The van der Waals surface area contributed by atoms with Crippen LogP contribution in [0.1, 0.15) is 47.3 Å². The molecule has 140 valence electrons. The minimum absolute atomic E-state index is 0.0364. The van der Waals surface area contributed by atoms with Crippen molar-refractivity contribution in [1.29, 1.82) is 0 Å². The molecule has 0 radical (unpaired) electrons. The number of hydrogen-bond donors (Lipinski definition) is 3. The van der Waals surface area contributed by atoms with Gasteiger partial charge in [0, 0.05) is 11.3 Å². The minimum atomic E-state index is -1.11. The predicted octanol–water partition coefficient (Wildman–Crippen LogP) is 3.66. The van der Waals surface area contributed by atoms with Gasteiger partial charge < -0.3 is 20.1 Å². The first-order chi connectivity index (χ1) is 12.1. The molecule has 0 saturated carbocycles. The Morgan fingerprint density at radius 2 is 1.96 bits per heavy atom. The number of benzene rings is 1. The number of amides is 1. The van der Waals surface area contributed by atoms with Crippen LogP contribution < -0.4 is 5.32 Å². The molecule has 1 aromatic carbocycles. The Kier molecular flexibility index (Phi) is 6.05. The number of halogens is 2. The molecule has 2 atom stereocenters. The number of aliphatic hydroxyl groups is 1. The van der Waals surface area contributed by atoms with Crippen LogP contribution in [0.2, 0.25) is 5.02 Å². The number of hydrogen-bond acceptors (Lipinski definition) is 4. The maximum absolute atomic E-state index is 13.0. The molecule has 2 rings (SSSR count). The van der Waals surface area contributed by atoms with E-state index in [1.165, 1.54) is 13.0 Å². The molecule has 0 aliphatic heterocycles. The van der Waals surface area contributed by atoms with Crippen LogP contribution in [0.25, 0.3) is 0 Å². The second-order valence-corrected chi connectivity index (χ2v) is 6.41. The summed E-state index contributed by atoms with van der Waals surface area (Å²) in [6, 6.07) is 3.54. The lowest BCUT2D eigenvalue weighted by molar-refractivity contribution is -0.123. The third kappa shape index (κ3) is 4.23. The molecular weight excluding hydrogens is 363 g/mol. The number of aliphatic hydroxyl groups excluding tert-OH is 1. The molecule has 3 N–H and O–H groups in total. The van der Waals surface area contributed by atoms with Crippen molar-refractivity contribution in [2.45, 2.75) is 39.9 Å². The molecule has 0 spiro atoms. The van der Waals surface area contributed by atoms with Gasteiger partial charge in [-0.05, 0) is 51.5 Å². The van der Waals surface area contributed by atoms with Gasteiger partial charge in [0.2, 0.25) is 0 Å². The van der Waals surface area contributed by atoms with Crippen molar-refractivity contribution in [3.05, 3.63) is 51.6 Å². The van der Waals surface area contributed by atoms with Crippen molar-refractivity contribution < 1.29 is 23.8 Å². The predicted molar refractivity (Wildman–Crippen MR) is 95.8 cm³/mol. The van der Waals surface area contributed by atoms with Gasteiger partial charge in [0.25, 0.3) is 5.91 Å². The Morgan fingerprint density at radius 1 is 1.31 bits per heavy atom. The normalized spacial score (nSPS) is 13.2. The number of carbonyl (C=O) groups is 2. The molecule has 1 aromatic heterocycles. The van der Waals surface area contributed by atoms with Gasteiger partial charge in [-0.25, -0.2) is 9.18 Å². The summed E-state index contributed by atoms with van der Waals surface area (Å²) in [5.74, 6) is -1.85. The van der Waals surface area contributed by atoms with Crippen molar-refractivity contribution >= 4 is 29.2 Å². The van der Waals surface area contributed by atoms with Gasteiger partial charge in [0.15, 0.2) is 6.10 Å². The van der Waals surface area contributed by atoms with E-state index >= 15 is 0 Å². The first kappa shape index (κ1) is 19.9. The van der Waals surface area contributed by atoms with Crippen LogP contribution >= 0.6 is 11.6 Å². The highest BCUT2D eigenvalue weighted by atomic mass is 35.5. The highest BCUT2D eigenvalue weighted by Gasteiger charge is 2.25. The Labute approximate surface area is 155 Å². The summed E-state index contributed by atoms with van der Waals surface area (Å²) in [6.45, 7) is 6.43. The maximum atomic E-state index is 13.0. The van der Waals surface area contributed by atoms with Crippen molar-refractivity contribution in [2.75, 3.05) is 5.32 Å². The molecule has 0 aliphatic carbocycles. The lowest BCUT2D eigenvalue weighted by Gasteiger charge is -2.14. The lowest BCUT2D eigenvalue weighted by Crippen LogP contribution is -2.30. The van der Waals surface area contributed by atoms with Gasteiger partial charge in [-0.1, -0.05) is 11.6 Å². The number of aryl methyl sites for hydroxylation is 1. The van der Waals surface area contributed by atoms with E-state index in [1.54, 1.807) is 20.8 Å². The van der Waals surface area contributed by atoms with Crippen LogP contribution in [-0.2, 0) is 9.53 Å². The number of esters is 1. The standard InChI is InChI=1S/C18H20ClFN2O4/c1-8-15(10(3)23)9(2)21-16(8)18(25)26-11(4)17(24)22-14-6-5-12(20)7-13(14)19/h5-7,10-11,21,23H,1-4H3,(H,22,24)/t10-,11+/m0/s1. The quantitative estimate of drug-likeness (QED) is 0.688. The Balaban J connectivity index is 2.09. The first-order valence-electron chi connectivity index (χ1n) is 7.95. The fourth-order valence-electron chi connectivity index (χ4n) is 2.69. The van der Waals surface area contributed by atoms with Gasteiger partial charge in [0.1, 0.15) is 11.5 Å². The highest BCUT2D eigenvalue weighted by Crippen LogP contribution is 2.25. The number of carbonyl (C=O) groups excluding carboxylic acids is 2. The summed E-state index contributed by atoms with van der Waals surface area (Å²) >= 11 is 5.86. The topological polar surface area (TPSA) is 91.4 Å². The fourth-order valence-corrected chi connectivity index (χ4v) is 2.91. The average molecular weight is 383 g/mol. The number of aromatic amines is 1. The van der Waals surface area contributed by atoms with E-state index in [2.05, 4.69) is 10.3 Å². The van der Waals surface area contributed by atoms with E-state index in [-0.39, 0.29) is 16.4 Å².